The van der Waals surface area contributed by atoms with Crippen molar-refractivity contribution < 1.29 is 9.47 Å². The molecule has 4 nitrogen and oxygen atoms in total. The number of aromatic nitrogens is 1. The lowest BCUT2D eigenvalue weighted by Gasteiger charge is -2.26. The summed E-state index contributed by atoms with van der Waals surface area (Å²) >= 11 is 0. The van der Waals surface area contributed by atoms with Crippen LogP contribution in [0.3, 0.4) is 0 Å². The van der Waals surface area contributed by atoms with Crippen LogP contribution in [0.15, 0.2) is 24.4 Å². The molecule has 2 aromatic rings. The first-order valence-corrected chi connectivity index (χ1v) is 7.75. The van der Waals surface area contributed by atoms with Gasteiger partial charge in [-0.2, -0.15) is 0 Å². The highest BCUT2D eigenvalue weighted by Gasteiger charge is 2.12. The van der Waals surface area contributed by atoms with Gasteiger partial charge < -0.3 is 18.9 Å². The Labute approximate surface area is 126 Å². The molecule has 1 fully saturated rings. The predicted molar refractivity (Wildman–Crippen MR) is 85.3 cm³/mol. The van der Waals surface area contributed by atoms with E-state index in [0.717, 1.165) is 30.0 Å². The third-order valence-corrected chi connectivity index (χ3v) is 4.39. The Bertz CT molecular complexity index is 600. The standard InChI is InChI=1S/C17H24N2O2/c1-20-14-12-16-15(17(13-14)21-2)6-9-19(16)11-10-18-7-4-3-5-8-18/h6,9,12-13H,3-5,7-8,10-11H2,1-2H3. The quantitative estimate of drug-likeness (QED) is 0.845. The lowest BCUT2D eigenvalue weighted by Crippen LogP contribution is -2.32. The SMILES string of the molecule is COc1cc(OC)c2ccn(CCN3CCCCC3)c2c1. The van der Waals surface area contributed by atoms with Gasteiger partial charge in [-0.3, -0.25) is 0 Å². The van der Waals surface area contributed by atoms with Gasteiger partial charge in [-0.05, 0) is 32.0 Å². The van der Waals surface area contributed by atoms with E-state index in [1.54, 1.807) is 14.2 Å². The van der Waals surface area contributed by atoms with E-state index in [1.807, 2.05) is 6.07 Å². The van der Waals surface area contributed by atoms with Gasteiger partial charge in [0.15, 0.2) is 0 Å². The van der Waals surface area contributed by atoms with Gasteiger partial charge in [0.2, 0.25) is 0 Å². The molecule has 3 rings (SSSR count). The highest BCUT2D eigenvalue weighted by Crippen LogP contribution is 2.31. The summed E-state index contributed by atoms with van der Waals surface area (Å²) in [4.78, 5) is 2.56. The maximum absolute atomic E-state index is 5.47. The molecule has 21 heavy (non-hydrogen) atoms. The number of likely N-dealkylation sites (tertiary alicyclic amines) is 1. The van der Waals surface area contributed by atoms with Crippen LogP contribution in [0.25, 0.3) is 10.9 Å². The third-order valence-electron chi connectivity index (χ3n) is 4.39. The van der Waals surface area contributed by atoms with Crippen LogP contribution in [0.4, 0.5) is 0 Å². The van der Waals surface area contributed by atoms with Crippen molar-refractivity contribution in [2.24, 2.45) is 0 Å². The Morgan fingerprint density at radius 3 is 2.52 bits per heavy atom. The number of ether oxygens (including phenoxy) is 2. The average molecular weight is 288 g/mol. The number of benzene rings is 1. The molecular weight excluding hydrogens is 264 g/mol. The second-order valence-corrected chi connectivity index (χ2v) is 5.67. The topological polar surface area (TPSA) is 26.6 Å². The van der Waals surface area contributed by atoms with Crippen molar-refractivity contribution in [1.29, 1.82) is 0 Å². The van der Waals surface area contributed by atoms with Crippen molar-refractivity contribution >= 4 is 10.9 Å². The fourth-order valence-corrected chi connectivity index (χ4v) is 3.15. The first-order chi connectivity index (χ1) is 10.3. The molecule has 0 amide bonds. The van der Waals surface area contributed by atoms with Gasteiger partial charge in [-0.15, -0.1) is 0 Å². The number of hydrogen-bond acceptors (Lipinski definition) is 3. The molecule has 1 saturated heterocycles. The number of piperidine rings is 1. The summed E-state index contributed by atoms with van der Waals surface area (Å²) < 4.78 is 13.2. The number of rotatable bonds is 5. The largest absolute Gasteiger partial charge is 0.497 e. The molecule has 0 saturated carbocycles. The number of fused-ring (bicyclic) bond motifs is 1. The first-order valence-electron chi connectivity index (χ1n) is 7.75. The van der Waals surface area contributed by atoms with Gasteiger partial charge in [-0.25, -0.2) is 0 Å². The van der Waals surface area contributed by atoms with E-state index in [0.29, 0.717) is 0 Å². The Kier molecular flexibility index (Phi) is 4.34. The first kappa shape index (κ1) is 14.3. The van der Waals surface area contributed by atoms with Crippen molar-refractivity contribution in [2.45, 2.75) is 25.8 Å². The minimum absolute atomic E-state index is 0.845. The summed E-state index contributed by atoms with van der Waals surface area (Å²) in [6.45, 7) is 4.61. The van der Waals surface area contributed by atoms with Crippen molar-refractivity contribution in [2.75, 3.05) is 33.9 Å². The van der Waals surface area contributed by atoms with Crippen LogP contribution in [0, 0.1) is 0 Å². The van der Waals surface area contributed by atoms with Crippen LogP contribution in [0.1, 0.15) is 19.3 Å². The van der Waals surface area contributed by atoms with Gasteiger partial charge in [0, 0.05) is 36.8 Å². The number of hydrogen-bond donors (Lipinski definition) is 0. The highest BCUT2D eigenvalue weighted by atomic mass is 16.5. The lowest BCUT2D eigenvalue weighted by molar-refractivity contribution is 0.221. The van der Waals surface area contributed by atoms with E-state index in [2.05, 4.69) is 27.8 Å². The minimum Gasteiger partial charge on any atom is -0.497 e. The van der Waals surface area contributed by atoms with Crippen molar-refractivity contribution in [3.8, 4) is 11.5 Å². The molecule has 1 aliphatic rings. The maximum Gasteiger partial charge on any atom is 0.131 e. The summed E-state index contributed by atoms with van der Waals surface area (Å²) in [5.74, 6) is 1.72. The molecular formula is C17H24N2O2. The molecule has 0 atom stereocenters. The Morgan fingerprint density at radius 1 is 1.00 bits per heavy atom. The molecule has 0 radical (unpaired) electrons. The zero-order valence-electron chi connectivity index (χ0n) is 13.0. The Balaban J connectivity index is 1.81. The van der Waals surface area contributed by atoms with Crippen LogP contribution in [0.2, 0.25) is 0 Å². The molecule has 2 heterocycles. The van der Waals surface area contributed by atoms with E-state index in [1.165, 1.54) is 37.9 Å². The normalized spacial score (nSPS) is 16.3. The van der Waals surface area contributed by atoms with Crippen molar-refractivity contribution in [3.63, 3.8) is 0 Å². The fourth-order valence-electron chi connectivity index (χ4n) is 3.15. The highest BCUT2D eigenvalue weighted by molar-refractivity contribution is 5.88. The van der Waals surface area contributed by atoms with Crippen LogP contribution < -0.4 is 9.47 Å². The Hall–Kier alpha value is -1.68. The zero-order valence-corrected chi connectivity index (χ0v) is 13.0. The molecule has 1 aromatic carbocycles. The summed E-state index contributed by atoms with van der Waals surface area (Å²) in [5.41, 5.74) is 1.18. The van der Waals surface area contributed by atoms with Crippen LogP contribution in [0.5, 0.6) is 11.5 Å². The predicted octanol–water partition coefficient (Wildman–Crippen LogP) is 3.14. The maximum atomic E-state index is 5.47. The Morgan fingerprint density at radius 2 is 1.81 bits per heavy atom. The smallest absolute Gasteiger partial charge is 0.131 e. The summed E-state index contributed by atoms with van der Waals surface area (Å²) in [7, 11) is 3.40. The second kappa shape index (κ2) is 6.39. The zero-order chi connectivity index (χ0) is 14.7. The second-order valence-electron chi connectivity index (χ2n) is 5.67. The van der Waals surface area contributed by atoms with E-state index in [4.69, 9.17) is 9.47 Å². The fraction of sp³-hybridized carbons (Fsp3) is 0.529. The van der Waals surface area contributed by atoms with Crippen LogP contribution >= 0.6 is 0 Å². The van der Waals surface area contributed by atoms with Crippen LogP contribution in [-0.2, 0) is 6.54 Å². The molecule has 4 heteroatoms. The molecule has 0 bridgehead atoms. The van der Waals surface area contributed by atoms with Crippen molar-refractivity contribution in [3.05, 3.63) is 24.4 Å². The van der Waals surface area contributed by atoms with E-state index in [9.17, 15) is 0 Å². The van der Waals surface area contributed by atoms with Crippen molar-refractivity contribution in [1.82, 2.24) is 9.47 Å². The number of methoxy groups -OCH3 is 2. The molecule has 0 N–H and O–H groups in total. The minimum atomic E-state index is 0.845. The van der Waals surface area contributed by atoms with E-state index < -0.39 is 0 Å². The summed E-state index contributed by atoms with van der Waals surface area (Å²) in [6.07, 6.45) is 6.22. The summed E-state index contributed by atoms with van der Waals surface area (Å²) in [6, 6.07) is 6.16. The lowest BCUT2D eigenvalue weighted by atomic mass is 10.1. The summed E-state index contributed by atoms with van der Waals surface area (Å²) in [5, 5.41) is 1.15. The molecule has 0 spiro atoms. The van der Waals surface area contributed by atoms with E-state index in [-0.39, 0.29) is 0 Å². The van der Waals surface area contributed by atoms with Gasteiger partial charge in [0.1, 0.15) is 11.5 Å². The third kappa shape index (κ3) is 3.00. The van der Waals surface area contributed by atoms with Crippen LogP contribution in [-0.4, -0.2) is 43.3 Å². The molecule has 0 aliphatic carbocycles. The molecule has 0 unspecified atom stereocenters. The molecule has 1 aromatic heterocycles. The average Bonchev–Trinajstić information content (AvgIpc) is 2.96. The van der Waals surface area contributed by atoms with Gasteiger partial charge in [-0.1, -0.05) is 6.42 Å². The van der Waals surface area contributed by atoms with Gasteiger partial charge >= 0.3 is 0 Å². The monoisotopic (exact) mass is 288 g/mol. The van der Waals surface area contributed by atoms with E-state index >= 15 is 0 Å². The molecule has 114 valence electrons. The number of nitrogens with zero attached hydrogens (tertiary/aromatic N) is 2. The van der Waals surface area contributed by atoms with Gasteiger partial charge in [0.05, 0.1) is 19.7 Å². The van der Waals surface area contributed by atoms with Gasteiger partial charge in [0.25, 0.3) is 0 Å². The molecule has 1 aliphatic heterocycles.